The summed E-state index contributed by atoms with van der Waals surface area (Å²) in [5.41, 5.74) is 8.24. The number of aliphatic hydroxyl groups excluding tert-OH is 1. The molecule has 242 valence electrons. The second-order valence-corrected chi connectivity index (χ2v) is 14.6. The molecule has 2 N–H and O–H groups in total. The van der Waals surface area contributed by atoms with Crippen LogP contribution in [0.2, 0.25) is 0 Å². The van der Waals surface area contributed by atoms with Gasteiger partial charge in [0, 0.05) is 36.2 Å². The highest BCUT2D eigenvalue weighted by atomic mass is 16.3. The Bertz CT molecular complexity index is 1750. The van der Waals surface area contributed by atoms with E-state index in [-0.39, 0.29) is 11.7 Å². The lowest BCUT2D eigenvalue weighted by Gasteiger charge is -2.45. The Kier molecular flexibility index (Phi) is 8.78. The third kappa shape index (κ3) is 6.27. The molecule has 47 heavy (non-hydrogen) atoms. The molecule has 1 aliphatic heterocycles. The van der Waals surface area contributed by atoms with Crippen LogP contribution in [0.15, 0.2) is 109 Å². The number of fused-ring (bicyclic) bond motifs is 9. The van der Waals surface area contributed by atoms with Gasteiger partial charge in [0.15, 0.2) is 5.78 Å². The molecule has 2 bridgehead atoms. The van der Waals surface area contributed by atoms with E-state index in [0.29, 0.717) is 36.9 Å². The van der Waals surface area contributed by atoms with Gasteiger partial charge in [-0.15, -0.1) is 0 Å². The molecular weight excluding hydrogens is 578 g/mol. The Morgan fingerprint density at radius 1 is 0.851 bits per heavy atom. The Hall–Kier alpha value is -3.83. The van der Waals surface area contributed by atoms with Crippen molar-refractivity contribution in [3.05, 3.63) is 142 Å². The van der Waals surface area contributed by atoms with Gasteiger partial charge in [0.05, 0.1) is 11.7 Å². The molecule has 1 fully saturated rings. The Balaban J connectivity index is 1.26. The predicted molar refractivity (Wildman–Crippen MR) is 189 cm³/mol. The Morgan fingerprint density at radius 3 is 2.26 bits per heavy atom. The molecule has 1 saturated carbocycles. The van der Waals surface area contributed by atoms with Crippen LogP contribution in [0, 0.1) is 5.41 Å². The van der Waals surface area contributed by atoms with Gasteiger partial charge in [0.25, 0.3) is 0 Å². The van der Waals surface area contributed by atoms with Gasteiger partial charge in [0.1, 0.15) is 0 Å². The Labute approximate surface area is 279 Å². The van der Waals surface area contributed by atoms with Gasteiger partial charge < -0.3 is 10.2 Å². The third-order valence-corrected chi connectivity index (χ3v) is 11.6. The highest BCUT2D eigenvalue weighted by molar-refractivity contribution is 6.10. The number of allylic oxidation sites excluding steroid dienone is 2. The van der Waals surface area contributed by atoms with Crippen LogP contribution in [-0.2, 0) is 19.5 Å². The first kappa shape index (κ1) is 31.8. The molecular formula is C43H47NO3. The van der Waals surface area contributed by atoms with Crippen molar-refractivity contribution < 1.29 is 15.0 Å². The second kappa shape index (κ2) is 13.0. The summed E-state index contributed by atoms with van der Waals surface area (Å²) in [6.45, 7) is 6.78. The van der Waals surface area contributed by atoms with Crippen LogP contribution in [0.3, 0.4) is 0 Å². The van der Waals surface area contributed by atoms with Crippen molar-refractivity contribution in [3.63, 3.8) is 0 Å². The number of hydrogen-bond donors (Lipinski definition) is 2. The lowest BCUT2D eigenvalue weighted by Crippen LogP contribution is -2.51. The maximum absolute atomic E-state index is 14.5. The van der Waals surface area contributed by atoms with Crippen molar-refractivity contribution in [1.82, 2.24) is 4.90 Å². The standard InChI is InChI=1S/C43H47NO3/c1-30-9-8-23-42(2)40(22-24-43(42,47)29-44-27-35-12-6-7-13-36(35)28-44)38-21-15-31(25-37(45)20-14-30)26-39(38)41(46)34-18-16-33(17-19-34)32-10-4-3-5-11-32/h3-7,9-13,15-19,21,26,37,40,45,47H,8,14,20,22-25,27-29H2,1-2H3/t37-,40-,42-,43+/m0/s1. The molecule has 4 heteroatoms. The molecule has 4 nitrogen and oxygen atoms in total. The molecule has 3 aliphatic carbocycles. The fraction of sp³-hybridized carbons (Fsp3) is 0.372. The number of nitrogens with zero attached hydrogens (tertiary/aromatic N) is 1. The normalized spacial score (nSPS) is 26.3. The predicted octanol–water partition coefficient (Wildman–Crippen LogP) is 8.64. The third-order valence-electron chi connectivity index (χ3n) is 11.6. The molecule has 0 aromatic heterocycles. The molecule has 4 aromatic carbocycles. The van der Waals surface area contributed by atoms with Crippen molar-refractivity contribution in [2.45, 2.75) is 89.5 Å². The van der Waals surface area contributed by atoms with Gasteiger partial charge in [-0.05, 0) is 97.2 Å². The van der Waals surface area contributed by atoms with Crippen molar-refractivity contribution in [2.75, 3.05) is 6.54 Å². The minimum absolute atomic E-state index is 0.00608. The molecule has 8 rings (SSSR count). The fourth-order valence-corrected chi connectivity index (χ4v) is 8.68. The van der Waals surface area contributed by atoms with Crippen LogP contribution in [0.5, 0.6) is 0 Å². The van der Waals surface area contributed by atoms with E-state index < -0.39 is 17.1 Å². The van der Waals surface area contributed by atoms with E-state index >= 15 is 0 Å². The van der Waals surface area contributed by atoms with Crippen LogP contribution in [0.4, 0.5) is 0 Å². The summed E-state index contributed by atoms with van der Waals surface area (Å²) in [6.07, 6.45) is 7.11. The van der Waals surface area contributed by atoms with Crippen LogP contribution < -0.4 is 0 Å². The molecule has 0 saturated heterocycles. The molecule has 4 aromatic rings. The summed E-state index contributed by atoms with van der Waals surface area (Å²) >= 11 is 0. The van der Waals surface area contributed by atoms with E-state index in [4.69, 9.17) is 0 Å². The maximum atomic E-state index is 14.5. The zero-order valence-corrected chi connectivity index (χ0v) is 27.8. The fourth-order valence-electron chi connectivity index (χ4n) is 8.68. The van der Waals surface area contributed by atoms with E-state index in [1.54, 1.807) is 0 Å². The van der Waals surface area contributed by atoms with Crippen molar-refractivity contribution in [1.29, 1.82) is 0 Å². The number of aliphatic hydroxyl groups is 2. The largest absolute Gasteiger partial charge is 0.393 e. The molecule has 0 amide bonds. The van der Waals surface area contributed by atoms with Gasteiger partial charge in [-0.25, -0.2) is 0 Å². The number of benzene rings is 4. The molecule has 1 heterocycles. The first-order valence-electron chi connectivity index (χ1n) is 17.4. The lowest BCUT2D eigenvalue weighted by atomic mass is 9.64. The number of carbonyl (C=O) groups is 1. The summed E-state index contributed by atoms with van der Waals surface area (Å²) in [7, 11) is 0. The topological polar surface area (TPSA) is 60.8 Å². The van der Waals surface area contributed by atoms with Crippen molar-refractivity contribution in [3.8, 4) is 11.1 Å². The monoisotopic (exact) mass is 625 g/mol. The van der Waals surface area contributed by atoms with Crippen molar-refractivity contribution in [2.24, 2.45) is 5.41 Å². The summed E-state index contributed by atoms with van der Waals surface area (Å²) in [6, 6.07) is 33.1. The first-order valence-corrected chi connectivity index (χ1v) is 17.4. The average molecular weight is 626 g/mol. The second-order valence-electron chi connectivity index (χ2n) is 14.6. The van der Waals surface area contributed by atoms with Crippen LogP contribution in [0.25, 0.3) is 11.1 Å². The van der Waals surface area contributed by atoms with E-state index in [1.165, 1.54) is 16.7 Å². The minimum atomic E-state index is -0.898. The summed E-state index contributed by atoms with van der Waals surface area (Å²) in [5, 5.41) is 23.7. The van der Waals surface area contributed by atoms with Gasteiger partial charge in [-0.2, -0.15) is 0 Å². The highest BCUT2D eigenvalue weighted by Crippen LogP contribution is 2.59. The van der Waals surface area contributed by atoms with Crippen LogP contribution in [0.1, 0.15) is 96.5 Å². The first-order chi connectivity index (χ1) is 22.7. The number of hydrogen-bond acceptors (Lipinski definition) is 4. The van der Waals surface area contributed by atoms with Gasteiger partial charge >= 0.3 is 0 Å². The smallest absolute Gasteiger partial charge is 0.193 e. The van der Waals surface area contributed by atoms with Crippen LogP contribution in [-0.4, -0.2) is 39.1 Å². The average Bonchev–Trinajstić information content (AvgIpc) is 3.60. The molecule has 4 aliphatic rings. The molecule has 0 radical (unpaired) electrons. The molecule has 0 spiro atoms. The maximum Gasteiger partial charge on any atom is 0.193 e. The van der Waals surface area contributed by atoms with E-state index in [0.717, 1.165) is 61.0 Å². The number of β-amino-alcohol motifs (C(OH)–C–C–N with tert-alkyl or cyclic N) is 1. The quantitative estimate of drug-likeness (QED) is 0.172. The molecule has 4 atom stereocenters. The number of carbonyl (C=O) groups excluding carboxylic acids is 1. The minimum Gasteiger partial charge on any atom is -0.393 e. The zero-order valence-electron chi connectivity index (χ0n) is 27.8. The van der Waals surface area contributed by atoms with Crippen molar-refractivity contribution >= 4 is 5.78 Å². The number of ketones is 1. The highest BCUT2D eigenvalue weighted by Gasteiger charge is 2.57. The Morgan fingerprint density at radius 2 is 1.53 bits per heavy atom. The van der Waals surface area contributed by atoms with Gasteiger partial charge in [0.2, 0.25) is 0 Å². The summed E-state index contributed by atoms with van der Waals surface area (Å²) < 4.78 is 0. The SMILES string of the molecule is CC1=CCC[C@@]2(C)[C@@H](CC[C@@]2(O)CN2Cc3ccccc3C2)c2ccc(cc2C(=O)c2ccc(-c3ccccc3)cc2)C[C@@H](O)CC1. The van der Waals surface area contributed by atoms with Gasteiger partial charge in [-0.1, -0.05) is 110 Å². The van der Waals surface area contributed by atoms with Crippen LogP contribution >= 0.6 is 0 Å². The molecule has 0 unspecified atom stereocenters. The summed E-state index contributed by atoms with van der Waals surface area (Å²) in [5.74, 6) is 0.0298. The number of rotatable bonds is 5. The zero-order chi connectivity index (χ0) is 32.6. The van der Waals surface area contributed by atoms with E-state index in [1.807, 2.05) is 48.5 Å². The van der Waals surface area contributed by atoms with E-state index in [2.05, 4.69) is 73.4 Å². The van der Waals surface area contributed by atoms with Gasteiger partial charge in [-0.3, -0.25) is 9.69 Å². The summed E-state index contributed by atoms with van der Waals surface area (Å²) in [4.78, 5) is 16.9. The van der Waals surface area contributed by atoms with E-state index in [9.17, 15) is 15.0 Å². The lowest BCUT2D eigenvalue weighted by molar-refractivity contribution is -0.0845.